The Morgan fingerprint density at radius 1 is 1.00 bits per heavy atom. The normalized spacial score (nSPS) is 20.1. The molecule has 2 amide bonds. The van der Waals surface area contributed by atoms with Crippen LogP contribution in [0.4, 0.5) is 0 Å². The first-order valence-corrected chi connectivity index (χ1v) is 17.5. The number of rotatable bonds is 7. The molecule has 1 N–H and O–H groups in total. The number of carbonyl (C=O) groups is 3. The average Bonchev–Trinajstić information content (AvgIpc) is 3.67. The van der Waals surface area contributed by atoms with Gasteiger partial charge in [0, 0.05) is 73.6 Å². The van der Waals surface area contributed by atoms with Crippen molar-refractivity contribution in [3.8, 4) is 0 Å². The number of thiophene rings is 1. The average molecular weight is 672 g/mol. The summed E-state index contributed by atoms with van der Waals surface area (Å²) in [6.45, 7) is 2.33. The van der Waals surface area contributed by atoms with Crippen LogP contribution in [0.15, 0.2) is 57.7 Å². The van der Waals surface area contributed by atoms with Crippen LogP contribution in [0, 0.1) is 5.92 Å². The van der Waals surface area contributed by atoms with E-state index in [4.69, 9.17) is 11.6 Å². The van der Waals surface area contributed by atoms with Gasteiger partial charge in [0.05, 0.1) is 18.5 Å². The number of piperazine rings is 1. The Kier molecular flexibility index (Phi) is 8.88. The number of hydrogen-bond donors (Lipinski definition) is 1. The van der Waals surface area contributed by atoms with Crippen LogP contribution in [-0.2, 0) is 19.6 Å². The quantitative estimate of drug-likeness (QED) is 0.407. The first-order chi connectivity index (χ1) is 21.5. The molecular formula is C31H34ClN5O6S2. The number of amidine groups is 1. The number of aliphatic carboxylic acids is 1. The summed E-state index contributed by atoms with van der Waals surface area (Å²) in [5.41, 5.74) is 1.35. The van der Waals surface area contributed by atoms with Gasteiger partial charge in [-0.25, -0.2) is 8.42 Å². The molecule has 4 heterocycles. The fourth-order valence-corrected chi connectivity index (χ4v) is 9.50. The largest absolute Gasteiger partial charge is 0.481 e. The van der Waals surface area contributed by atoms with E-state index >= 15 is 0 Å². The molecule has 14 heteroatoms. The first kappa shape index (κ1) is 31.5. The number of nitrogens with zero attached hydrogens (tertiary/aromatic N) is 5. The molecule has 0 spiro atoms. The van der Waals surface area contributed by atoms with E-state index in [0.29, 0.717) is 36.5 Å². The van der Waals surface area contributed by atoms with E-state index in [-0.39, 0.29) is 42.1 Å². The lowest BCUT2D eigenvalue weighted by atomic mass is 9.96. The third kappa shape index (κ3) is 6.44. The molecule has 2 fully saturated rings. The molecule has 3 aliphatic heterocycles. The zero-order chi connectivity index (χ0) is 31.9. The van der Waals surface area contributed by atoms with E-state index < -0.39 is 28.0 Å². The molecule has 6 rings (SSSR count). The molecule has 1 aromatic heterocycles. The van der Waals surface area contributed by atoms with Gasteiger partial charge in [-0.05, 0) is 48.6 Å². The highest BCUT2D eigenvalue weighted by molar-refractivity contribution is 7.91. The lowest BCUT2D eigenvalue weighted by Gasteiger charge is -2.41. The van der Waals surface area contributed by atoms with Crippen molar-refractivity contribution in [1.29, 1.82) is 0 Å². The molecule has 1 atom stereocenters. The summed E-state index contributed by atoms with van der Waals surface area (Å²) in [6, 6.07) is 13.3. The van der Waals surface area contributed by atoms with Gasteiger partial charge in [-0.1, -0.05) is 29.8 Å². The predicted octanol–water partition coefficient (Wildman–Crippen LogP) is 3.48. The van der Waals surface area contributed by atoms with Gasteiger partial charge in [0.15, 0.2) is 0 Å². The number of hydrogen-bond acceptors (Lipinski definition) is 8. The van der Waals surface area contributed by atoms with Crippen molar-refractivity contribution in [2.45, 2.75) is 29.5 Å². The van der Waals surface area contributed by atoms with Gasteiger partial charge in [-0.2, -0.15) is 4.31 Å². The molecule has 0 saturated carbocycles. The summed E-state index contributed by atoms with van der Waals surface area (Å²) < 4.78 is 30.0. The van der Waals surface area contributed by atoms with Gasteiger partial charge in [-0.3, -0.25) is 19.4 Å². The van der Waals surface area contributed by atoms with Crippen LogP contribution < -0.4 is 0 Å². The lowest BCUT2D eigenvalue weighted by Crippen LogP contribution is -2.57. The maximum atomic E-state index is 13.9. The minimum atomic E-state index is -3.92. The number of aliphatic imine (C=N–C) groups is 1. The van der Waals surface area contributed by atoms with Crippen LogP contribution in [0.2, 0.25) is 5.02 Å². The summed E-state index contributed by atoms with van der Waals surface area (Å²) >= 11 is 7.26. The first-order valence-electron chi connectivity index (χ1n) is 14.9. The minimum absolute atomic E-state index is 0.0416. The Labute approximate surface area is 270 Å². The van der Waals surface area contributed by atoms with Crippen LogP contribution in [-0.4, -0.2) is 115 Å². The van der Waals surface area contributed by atoms with Gasteiger partial charge in [0.1, 0.15) is 10.0 Å². The Balaban J connectivity index is 1.24. The second-order valence-corrected chi connectivity index (χ2v) is 15.3. The van der Waals surface area contributed by atoms with E-state index in [1.807, 2.05) is 19.2 Å². The molecule has 0 aliphatic carbocycles. The third-order valence-corrected chi connectivity index (χ3v) is 12.5. The molecule has 11 nitrogen and oxygen atoms in total. The van der Waals surface area contributed by atoms with E-state index in [0.717, 1.165) is 45.9 Å². The summed E-state index contributed by atoms with van der Waals surface area (Å²) in [5, 5.41) is 10.6. The number of fused-ring (bicyclic) bond motifs is 1. The molecular weight excluding hydrogens is 638 g/mol. The van der Waals surface area contributed by atoms with Gasteiger partial charge < -0.3 is 19.8 Å². The molecule has 3 aliphatic rings. The van der Waals surface area contributed by atoms with Crippen molar-refractivity contribution >= 4 is 66.7 Å². The minimum Gasteiger partial charge on any atom is -0.481 e. The van der Waals surface area contributed by atoms with Crippen LogP contribution in [0.25, 0.3) is 10.1 Å². The fraction of sp³-hybridized carbons (Fsp3) is 0.419. The second-order valence-electron chi connectivity index (χ2n) is 11.7. The number of benzene rings is 2. The molecule has 1 unspecified atom stereocenters. The fourth-order valence-electron chi connectivity index (χ4n) is 6.20. The topological polar surface area (TPSA) is 131 Å². The SMILES string of the molecule is CN1CCN=C1c1ccc(C(=O)N2CCN(S(=O)(=O)c3cc4ccc(Cl)cc4s3)CC2CC(=O)N2CCC(C(=O)O)CC2)cc1. The number of carboxylic acid groups (broad SMARTS) is 1. The highest BCUT2D eigenvalue weighted by atomic mass is 35.5. The predicted molar refractivity (Wildman–Crippen MR) is 172 cm³/mol. The lowest BCUT2D eigenvalue weighted by molar-refractivity contribution is -0.146. The molecule has 45 heavy (non-hydrogen) atoms. The molecule has 2 aromatic carbocycles. The van der Waals surface area contributed by atoms with Crippen molar-refractivity contribution in [1.82, 2.24) is 19.0 Å². The van der Waals surface area contributed by atoms with E-state index in [2.05, 4.69) is 9.89 Å². The highest BCUT2D eigenvalue weighted by Gasteiger charge is 2.39. The van der Waals surface area contributed by atoms with E-state index in [1.165, 1.54) is 4.31 Å². The number of carboxylic acids is 1. The molecule has 0 bridgehead atoms. The van der Waals surface area contributed by atoms with E-state index in [9.17, 15) is 27.9 Å². The monoisotopic (exact) mass is 671 g/mol. The van der Waals surface area contributed by atoms with Crippen molar-refractivity contribution in [3.63, 3.8) is 0 Å². The number of likely N-dealkylation sites (tertiary alicyclic amines) is 1. The Morgan fingerprint density at radius 3 is 2.40 bits per heavy atom. The third-order valence-electron chi connectivity index (χ3n) is 8.82. The van der Waals surface area contributed by atoms with Crippen LogP contribution in [0.3, 0.4) is 0 Å². The summed E-state index contributed by atoms with van der Waals surface area (Å²) in [7, 11) is -1.95. The number of amides is 2. The Bertz CT molecular complexity index is 1770. The maximum absolute atomic E-state index is 13.9. The summed E-state index contributed by atoms with van der Waals surface area (Å²) in [4.78, 5) is 48.6. The molecule has 238 valence electrons. The summed E-state index contributed by atoms with van der Waals surface area (Å²) in [5.74, 6) is -0.995. The molecule has 2 saturated heterocycles. The smallest absolute Gasteiger partial charge is 0.306 e. The van der Waals surface area contributed by atoms with Crippen LogP contribution in [0.1, 0.15) is 35.2 Å². The van der Waals surface area contributed by atoms with Gasteiger partial charge in [0.2, 0.25) is 5.91 Å². The van der Waals surface area contributed by atoms with Crippen LogP contribution in [0.5, 0.6) is 0 Å². The van der Waals surface area contributed by atoms with E-state index in [1.54, 1.807) is 46.2 Å². The number of sulfonamides is 1. The van der Waals surface area contributed by atoms with Crippen molar-refractivity contribution in [2.75, 3.05) is 52.9 Å². The van der Waals surface area contributed by atoms with Crippen molar-refractivity contribution in [3.05, 3.63) is 64.7 Å². The zero-order valence-corrected chi connectivity index (χ0v) is 27.2. The Hall–Kier alpha value is -3.52. The zero-order valence-electron chi connectivity index (χ0n) is 24.8. The van der Waals surface area contributed by atoms with Crippen molar-refractivity contribution in [2.24, 2.45) is 10.9 Å². The van der Waals surface area contributed by atoms with Crippen molar-refractivity contribution < 1.29 is 27.9 Å². The number of piperidine rings is 1. The van der Waals surface area contributed by atoms with Gasteiger partial charge in [-0.15, -0.1) is 11.3 Å². The summed E-state index contributed by atoms with van der Waals surface area (Å²) in [6.07, 6.45) is 0.645. The number of halogens is 1. The molecule has 3 aromatic rings. The highest BCUT2D eigenvalue weighted by Crippen LogP contribution is 2.34. The van der Waals surface area contributed by atoms with Crippen LogP contribution >= 0.6 is 22.9 Å². The van der Waals surface area contributed by atoms with Gasteiger partial charge in [0.25, 0.3) is 15.9 Å². The standard InChI is InChI=1S/C31H34ClN5O6S2/c1-34-13-10-33-29(34)20-2-4-21(5-3-20)30(39)37-15-14-36(45(42,43)28-16-23-6-7-24(32)17-26(23)44-28)19-25(37)18-27(38)35-11-8-22(9-12-35)31(40)41/h2-7,16-17,22,25H,8-15,18-19H2,1H3,(H,40,41). The Morgan fingerprint density at radius 2 is 1.73 bits per heavy atom. The second kappa shape index (κ2) is 12.7. The van der Waals surface area contributed by atoms with Gasteiger partial charge >= 0.3 is 5.97 Å². The maximum Gasteiger partial charge on any atom is 0.306 e. The molecule has 0 radical (unpaired) electrons. The number of likely N-dealkylation sites (N-methyl/N-ethyl adjacent to an activating group) is 1. The number of carbonyl (C=O) groups excluding carboxylic acids is 2.